The molecule has 25 heavy (non-hydrogen) atoms. The van der Waals surface area contributed by atoms with Gasteiger partial charge in [0.05, 0.1) is 18.0 Å². The van der Waals surface area contributed by atoms with Crippen molar-refractivity contribution in [3.8, 4) is 0 Å². The van der Waals surface area contributed by atoms with E-state index in [1.54, 1.807) is 0 Å². The Labute approximate surface area is 151 Å². The van der Waals surface area contributed by atoms with E-state index in [2.05, 4.69) is 52.9 Å². The zero-order valence-electron chi connectivity index (χ0n) is 16.0. The van der Waals surface area contributed by atoms with Crippen molar-refractivity contribution < 1.29 is 0 Å². The summed E-state index contributed by atoms with van der Waals surface area (Å²) in [7, 11) is 0. The summed E-state index contributed by atoms with van der Waals surface area (Å²) in [5, 5.41) is 6.53. The SMILES string of the molecule is C=C(NCCN=C(N)N)C1=C(N)NC(N(CCC)CC(C)C)C(C)=N1. The quantitative estimate of drug-likeness (QED) is 0.218. The van der Waals surface area contributed by atoms with Gasteiger partial charge in [0.2, 0.25) is 0 Å². The molecular formula is C17H34N8. The van der Waals surface area contributed by atoms with Crippen molar-refractivity contribution in [2.24, 2.45) is 33.1 Å². The molecule has 1 aliphatic heterocycles. The van der Waals surface area contributed by atoms with Crippen LogP contribution in [-0.4, -0.2) is 48.9 Å². The third-order valence-electron chi connectivity index (χ3n) is 3.74. The van der Waals surface area contributed by atoms with E-state index < -0.39 is 0 Å². The lowest BCUT2D eigenvalue weighted by Crippen LogP contribution is -2.54. The number of hydrogen-bond acceptors (Lipinski definition) is 6. The summed E-state index contributed by atoms with van der Waals surface area (Å²) in [5.41, 5.74) is 19.1. The lowest BCUT2D eigenvalue weighted by atomic mass is 10.1. The number of rotatable bonds is 10. The highest BCUT2D eigenvalue weighted by molar-refractivity contribution is 5.89. The van der Waals surface area contributed by atoms with Crippen molar-refractivity contribution >= 4 is 11.7 Å². The van der Waals surface area contributed by atoms with Crippen LogP contribution in [0.1, 0.15) is 34.1 Å². The third kappa shape index (κ3) is 6.66. The summed E-state index contributed by atoms with van der Waals surface area (Å²) in [6, 6.07) is 0. The smallest absolute Gasteiger partial charge is 0.185 e. The van der Waals surface area contributed by atoms with Gasteiger partial charge in [-0.2, -0.15) is 0 Å². The summed E-state index contributed by atoms with van der Waals surface area (Å²) in [5.74, 6) is 1.17. The van der Waals surface area contributed by atoms with E-state index >= 15 is 0 Å². The number of nitrogens with two attached hydrogens (primary N) is 3. The van der Waals surface area contributed by atoms with Crippen LogP contribution < -0.4 is 27.8 Å². The number of nitrogens with zero attached hydrogens (tertiary/aromatic N) is 3. The highest BCUT2D eigenvalue weighted by Crippen LogP contribution is 2.17. The van der Waals surface area contributed by atoms with Gasteiger partial charge in [-0.15, -0.1) is 0 Å². The Hall–Kier alpha value is -2.22. The number of hydrogen-bond donors (Lipinski definition) is 5. The van der Waals surface area contributed by atoms with E-state index in [0.29, 0.717) is 36.2 Å². The zero-order valence-corrected chi connectivity index (χ0v) is 16.0. The van der Waals surface area contributed by atoms with Gasteiger partial charge in [-0.1, -0.05) is 27.4 Å². The Morgan fingerprint density at radius 3 is 2.68 bits per heavy atom. The lowest BCUT2D eigenvalue weighted by Gasteiger charge is -2.36. The maximum absolute atomic E-state index is 6.22. The minimum absolute atomic E-state index is 0.0144. The fraction of sp³-hybridized carbons (Fsp3) is 0.647. The summed E-state index contributed by atoms with van der Waals surface area (Å²) in [6.07, 6.45) is 1.09. The normalized spacial score (nSPS) is 17.4. The molecule has 0 bridgehead atoms. The van der Waals surface area contributed by atoms with Crippen LogP contribution in [0.25, 0.3) is 0 Å². The molecule has 0 radical (unpaired) electrons. The van der Waals surface area contributed by atoms with Crippen LogP contribution >= 0.6 is 0 Å². The molecule has 0 saturated heterocycles. The summed E-state index contributed by atoms with van der Waals surface area (Å²) in [6.45, 7) is 15.6. The van der Waals surface area contributed by atoms with Crippen LogP contribution in [0.4, 0.5) is 0 Å². The topological polar surface area (TPSA) is 130 Å². The minimum Gasteiger partial charge on any atom is -0.384 e. The maximum Gasteiger partial charge on any atom is 0.185 e. The van der Waals surface area contributed by atoms with Gasteiger partial charge in [-0.05, 0) is 19.3 Å². The standard InChI is InChI=1S/C17H34N8/c1-6-9-25(10-11(2)3)16-13(5)23-14(15(18)24-16)12(4)21-7-8-22-17(19)20/h11,16,21,24H,4,6-10,18H2,1-3,5H3,(H4,19,20,22). The van der Waals surface area contributed by atoms with Gasteiger partial charge in [0.25, 0.3) is 0 Å². The molecule has 0 aliphatic carbocycles. The second-order valence-electron chi connectivity index (χ2n) is 6.66. The number of nitrogens with one attached hydrogen (secondary N) is 2. The average Bonchev–Trinajstić information content (AvgIpc) is 2.52. The van der Waals surface area contributed by atoms with Gasteiger partial charge in [0.15, 0.2) is 5.96 Å². The third-order valence-corrected chi connectivity index (χ3v) is 3.74. The number of guanidine groups is 1. The van der Waals surface area contributed by atoms with Crippen molar-refractivity contribution in [1.82, 2.24) is 15.5 Å². The highest BCUT2D eigenvalue weighted by atomic mass is 15.3. The Morgan fingerprint density at radius 1 is 1.44 bits per heavy atom. The molecular weight excluding hydrogens is 316 g/mol. The summed E-state index contributed by atoms with van der Waals surface area (Å²) in [4.78, 5) is 11.0. The van der Waals surface area contributed by atoms with Crippen molar-refractivity contribution in [3.63, 3.8) is 0 Å². The largest absolute Gasteiger partial charge is 0.384 e. The molecule has 8 nitrogen and oxygen atoms in total. The molecule has 0 amide bonds. The Bertz CT molecular complexity index is 543. The van der Waals surface area contributed by atoms with Crippen molar-refractivity contribution in [3.05, 3.63) is 23.8 Å². The van der Waals surface area contributed by atoms with Crippen LogP contribution in [0.2, 0.25) is 0 Å². The molecule has 1 heterocycles. The first-order valence-corrected chi connectivity index (χ1v) is 8.80. The predicted molar refractivity (Wildman–Crippen MR) is 106 cm³/mol. The van der Waals surface area contributed by atoms with E-state index in [1.165, 1.54) is 0 Å². The van der Waals surface area contributed by atoms with Gasteiger partial charge in [-0.3, -0.25) is 9.89 Å². The molecule has 0 aromatic rings. The van der Waals surface area contributed by atoms with E-state index in [0.717, 1.165) is 25.2 Å². The molecule has 8 N–H and O–H groups in total. The van der Waals surface area contributed by atoms with Crippen molar-refractivity contribution in [1.29, 1.82) is 0 Å². The molecule has 1 aliphatic rings. The lowest BCUT2D eigenvalue weighted by molar-refractivity contribution is 0.196. The van der Waals surface area contributed by atoms with Crippen LogP contribution in [-0.2, 0) is 0 Å². The fourth-order valence-corrected chi connectivity index (χ4v) is 2.76. The predicted octanol–water partition coefficient (Wildman–Crippen LogP) is 0.249. The molecule has 8 heteroatoms. The van der Waals surface area contributed by atoms with Gasteiger partial charge >= 0.3 is 0 Å². The molecule has 0 spiro atoms. The van der Waals surface area contributed by atoms with Gasteiger partial charge in [0, 0.05) is 19.6 Å². The molecule has 1 rings (SSSR count). The first-order chi connectivity index (χ1) is 11.8. The van der Waals surface area contributed by atoms with Gasteiger partial charge in [-0.25, -0.2) is 4.99 Å². The van der Waals surface area contributed by atoms with E-state index in [1.807, 2.05) is 6.92 Å². The molecule has 1 unspecified atom stereocenters. The Morgan fingerprint density at radius 2 is 2.12 bits per heavy atom. The first kappa shape index (κ1) is 20.8. The highest BCUT2D eigenvalue weighted by Gasteiger charge is 2.26. The summed E-state index contributed by atoms with van der Waals surface area (Å²) < 4.78 is 0. The fourth-order valence-electron chi connectivity index (χ4n) is 2.76. The second kappa shape index (κ2) is 9.93. The van der Waals surface area contributed by atoms with Crippen molar-refractivity contribution in [2.45, 2.75) is 40.3 Å². The summed E-state index contributed by atoms with van der Waals surface area (Å²) >= 11 is 0. The van der Waals surface area contributed by atoms with Crippen LogP contribution in [0, 0.1) is 5.92 Å². The van der Waals surface area contributed by atoms with Gasteiger partial charge < -0.3 is 27.8 Å². The second-order valence-corrected chi connectivity index (χ2v) is 6.66. The first-order valence-electron chi connectivity index (χ1n) is 8.80. The molecule has 0 aromatic carbocycles. The van der Waals surface area contributed by atoms with E-state index in [-0.39, 0.29) is 12.1 Å². The molecule has 0 fully saturated rings. The molecule has 0 saturated carbocycles. The average molecular weight is 351 g/mol. The minimum atomic E-state index is 0.0144. The maximum atomic E-state index is 6.22. The molecule has 0 aromatic heterocycles. The monoisotopic (exact) mass is 350 g/mol. The van der Waals surface area contributed by atoms with Crippen LogP contribution in [0.5, 0.6) is 0 Å². The zero-order chi connectivity index (χ0) is 19.0. The van der Waals surface area contributed by atoms with Crippen LogP contribution in [0.15, 0.2) is 33.8 Å². The molecule has 142 valence electrons. The van der Waals surface area contributed by atoms with E-state index in [4.69, 9.17) is 17.2 Å². The number of aliphatic imine (C=N–C) groups is 2. The van der Waals surface area contributed by atoms with Gasteiger partial charge in [0.1, 0.15) is 17.7 Å². The Balaban J connectivity index is 2.77. The van der Waals surface area contributed by atoms with Crippen molar-refractivity contribution in [2.75, 3.05) is 26.2 Å². The van der Waals surface area contributed by atoms with Crippen LogP contribution in [0.3, 0.4) is 0 Å². The van der Waals surface area contributed by atoms with E-state index in [9.17, 15) is 0 Å². The Kier molecular flexibility index (Phi) is 8.27. The molecule has 1 atom stereocenters.